The molecular formula is C19H19ClO6S. The summed E-state index contributed by atoms with van der Waals surface area (Å²) in [4.78, 5) is 11.8. The van der Waals surface area contributed by atoms with Gasteiger partial charge in [-0.3, -0.25) is 4.79 Å². The molecule has 1 aliphatic heterocycles. The Kier molecular flexibility index (Phi) is 5.74. The highest BCUT2D eigenvalue weighted by molar-refractivity contribution is 7.91. The summed E-state index contributed by atoms with van der Waals surface area (Å²) in [6.45, 7) is 0.491. The third kappa shape index (κ3) is 4.61. The van der Waals surface area contributed by atoms with E-state index in [1.54, 1.807) is 36.4 Å². The summed E-state index contributed by atoms with van der Waals surface area (Å²) in [7, 11) is -3.77. The molecule has 0 atom stereocenters. The molecule has 0 unspecified atom stereocenters. The molecule has 0 saturated carbocycles. The lowest BCUT2D eigenvalue weighted by Gasteiger charge is -2.32. The van der Waals surface area contributed by atoms with Crippen molar-refractivity contribution < 1.29 is 27.8 Å². The summed E-state index contributed by atoms with van der Waals surface area (Å²) in [5.74, 6) is -0.509. The molecule has 0 aromatic heterocycles. The molecule has 0 aliphatic carbocycles. The second-order valence-corrected chi connectivity index (χ2v) is 8.91. The average Bonchev–Trinajstić information content (AvgIpc) is 2.64. The number of ether oxygens (including phenoxy) is 2. The average molecular weight is 411 g/mol. The van der Waals surface area contributed by atoms with Crippen molar-refractivity contribution in [2.45, 2.75) is 17.7 Å². The van der Waals surface area contributed by atoms with Crippen LogP contribution < -0.4 is 4.74 Å². The Morgan fingerprint density at radius 2 is 1.56 bits per heavy atom. The Morgan fingerprint density at radius 1 is 1.04 bits per heavy atom. The van der Waals surface area contributed by atoms with Crippen molar-refractivity contribution in [2.75, 3.05) is 19.0 Å². The van der Waals surface area contributed by atoms with Gasteiger partial charge in [0.25, 0.3) is 0 Å². The predicted octanol–water partition coefficient (Wildman–Crippen LogP) is 3.79. The number of hydrogen-bond donors (Lipinski definition) is 1. The van der Waals surface area contributed by atoms with Crippen molar-refractivity contribution in [3.8, 4) is 11.5 Å². The van der Waals surface area contributed by atoms with E-state index in [2.05, 4.69) is 0 Å². The number of carboxylic acids is 1. The van der Waals surface area contributed by atoms with E-state index >= 15 is 0 Å². The summed E-state index contributed by atoms with van der Waals surface area (Å²) in [6, 6.07) is 12.7. The number of benzene rings is 2. The minimum absolute atomic E-state index is 0.0677. The Morgan fingerprint density at radius 3 is 2.07 bits per heavy atom. The number of rotatable bonds is 6. The third-order valence-corrected chi connectivity index (χ3v) is 6.78. The van der Waals surface area contributed by atoms with Gasteiger partial charge in [-0.15, -0.1) is 0 Å². The first-order chi connectivity index (χ1) is 12.8. The molecule has 0 amide bonds. The number of carbonyl (C=O) groups is 1. The fourth-order valence-electron chi connectivity index (χ4n) is 2.98. The molecule has 1 fully saturated rings. The first-order valence-electron chi connectivity index (χ1n) is 8.38. The summed E-state index contributed by atoms with van der Waals surface area (Å²) >= 11 is 5.83. The lowest BCUT2D eigenvalue weighted by Crippen LogP contribution is -2.42. The van der Waals surface area contributed by atoms with Gasteiger partial charge >= 0.3 is 5.97 Å². The van der Waals surface area contributed by atoms with Crippen molar-refractivity contribution in [3.63, 3.8) is 0 Å². The predicted molar refractivity (Wildman–Crippen MR) is 100 cm³/mol. The first-order valence-corrected chi connectivity index (χ1v) is 10.4. The third-order valence-electron chi connectivity index (χ3n) is 4.60. The van der Waals surface area contributed by atoms with Crippen molar-refractivity contribution in [1.29, 1.82) is 0 Å². The van der Waals surface area contributed by atoms with Crippen LogP contribution in [0.1, 0.15) is 12.8 Å². The topological polar surface area (TPSA) is 89.9 Å². The number of carboxylic acid groups (broad SMARTS) is 1. The van der Waals surface area contributed by atoms with Crippen molar-refractivity contribution >= 4 is 27.4 Å². The van der Waals surface area contributed by atoms with Gasteiger partial charge in [-0.1, -0.05) is 11.6 Å². The highest BCUT2D eigenvalue weighted by Crippen LogP contribution is 2.35. The molecule has 144 valence electrons. The summed E-state index contributed by atoms with van der Waals surface area (Å²) in [5.41, 5.74) is -1.31. The van der Waals surface area contributed by atoms with Gasteiger partial charge in [0.15, 0.2) is 9.84 Å². The van der Waals surface area contributed by atoms with Crippen LogP contribution in [0.15, 0.2) is 53.4 Å². The molecular weight excluding hydrogens is 392 g/mol. The molecule has 6 nitrogen and oxygen atoms in total. The van der Waals surface area contributed by atoms with E-state index in [0.717, 1.165) is 0 Å². The smallest absolute Gasteiger partial charge is 0.310 e. The van der Waals surface area contributed by atoms with Gasteiger partial charge in [0.2, 0.25) is 0 Å². The standard InChI is InChI=1S/C19H19ClO6S/c20-14-1-3-15(4-2-14)26-16-5-7-17(8-6-16)27(23,24)13-19(18(21)22)9-11-25-12-10-19/h1-8H,9-13H2,(H,21,22). The maximum absolute atomic E-state index is 12.8. The summed E-state index contributed by atoms with van der Waals surface area (Å²) in [6.07, 6.45) is 0.360. The molecule has 0 radical (unpaired) electrons. The normalized spacial score (nSPS) is 16.6. The molecule has 1 aliphatic rings. The van der Waals surface area contributed by atoms with E-state index < -0.39 is 27.0 Å². The number of sulfone groups is 1. The van der Waals surface area contributed by atoms with Crippen LogP contribution in [-0.2, 0) is 19.4 Å². The Balaban J connectivity index is 1.76. The van der Waals surface area contributed by atoms with Gasteiger partial charge in [-0.2, -0.15) is 0 Å². The van der Waals surface area contributed by atoms with Crippen LogP contribution in [0.3, 0.4) is 0 Å². The van der Waals surface area contributed by atoms with Crippen LogP contribution in [0.2, 0.25) is 5.02 Å². The molecule has 2 aromatic carbocycles. The summed E-state index contributed by atoms with van der Waals surface area (Å²) < 4.78 is 36.4. The van der Waals surface area contributed by atoms with Crippen molar-refractivity contribution in [1.82, 2.24) is 0 Å². The second kappa shape index (κ2) is 7.88. The van der Waals surface area contributed by atoms with Gasteiger partial charge in [0, 0.05) is 18.2 Å². The van der Waals surface area contributed by atoms with E-state index in [-0.39, 0.29) is 31.0 Å². The maximum atomic E-state index is 12.8. The lowest BCUT2D eigenvalue weighted by molar-refractivity contribution is -0.152. The van der Waals surface area contributed by atoms with Gasteiger partial charge in [-0.25, -0.2) is 8.42 Å². The van der Waals surface area contributed by atoms with E-state index in [1.807, 2.05) is 0 Å². The van der Waals surface area contributed by atoms with Gasteiger partial charge < -0.3 is 14.6 Å². The van der Waals surface area contributed by atoms with Crippen molar-refractivity contribution in [2.24, 2.45) is 5.41 Å². The molecule has 1 N–H and O–H groups in total. The molecule has 0 bridgehead atoms. The molecule has 3 rings (SSSR count). The Hall–Kier alpha value is -2.09. The number of aliphatic carboxylic acids is 1. The molecule has 27 heavy (non-hydrogen) atoms. The minimum Gasteiger partial charge on any atom is -0.481 e. The Labute approximate surface area is 162 Å². The van der Waals surface area contributed by atoms with E-state index in [9.17, 15) is 18.3 Å². The van der Waals surface area contributed by atoms with Gasteiger partial charge in [0.1, 0.15) is 11.5 Å². The molecule has 0 spiro atoms. The van der Waals surface area contributed by atoms with Crippen LogP contribution in [0.5, 0.6) is 11.5 Å². The van der Waals surface area contributed by atoms with E-state index in [1.165, 1.54) is 12.1 Å². The molecule has 2 aromatic rings. The Bertz CT molecular complexity index is 900. The zero-order valence-electron chi connectivity index (χ0n) is 14.4. The summed E-state index contributed by atoms with van der Waals surface area (Å²) in [5, 5.41) is 10.2. The van der Waals surface area contributed by atoms with Crippen LogP contribution in [-0.4, -0.2) is 38.5 Å². The highest BCUT2D eigenvalue weighted by Gasteiger charge is 2.44. The zero-order valence-corrected chi connectivity index (χ0v) is 16.0. The maximum Gasteiger partial charge on any atom is 0.310 e. The monoisotopic (exact) mass is 410 g/mol. The molecule has 1 heterocycles. The lowest BCUT2D eigenvalue weighted by atomic mass is 9.82. The fraction of sp³-hybridized carbons (Fsp3) is 0.316. The number of halogens is 1. The van der Waals surface area contributed by atoms with Gasteiger partial charge in [0.05, 0.1) is 16.1 Å². The first kappa shape index (κ1) is 19.7. The SMILES string of the molecule is O=C(O)C1(CS(=O)(=O)c2ccc(Oc3ccc(Cl)cc3)cc2)CCOCC1. The van der Waals surface area contributed by atoms with Crippen molar-refractivity contribution in [3.05, 3.63) is 53.6 Å². The van der Waals surface area contributed by atoms with E-state index in [4.69, 9.17) is 21.1 Å². The van der Waals surface area contributed by atoms with E-state index in [0.29, 0.717) is 16.5 Å². The zero-order chi connectivity index (χ0) is 19.5. The second-order valence-electron chi connectivity index (χ2n) is 6.48. The van der Waals surface area contributed by atoms with Gasteiger partial charge in [-0.05, 0) is 61.4 Å². The molecule has 1 saturated heterocycles. The van der Waals surface area contributed by atoms with Crippen LogP contribution in [0.25, 0.3) is 0 Å². The highest BCUT2D eigenvalue weighted by atomic mass is 35.5. The minimum atomic E-state index is -3.77. The molecule has 8 heteroatoms. The largest absolute Gasteiger partial charge is 0.481 e. The fourth-order valence-corrected chi connectivity index (χ4v) is 4.97. The van der Waals surface area contributed by atoms with Crippen LogP contribution in [0, 0.1) is 5.41 Å². The van der Waals surface area contributed by atoms with Crippen LogP contribution >= 0.6 is 11.6 Å². The van der Waals surface area contributed by atoms with Crippen LogP contribution in [0.4, 0.5) is 0 Å². The quantitative estimate of drug-likeness (QED) is 0.779. The number of hydrogen-bond acceptors (Lipinski definition) is 5.